The van der Waals surface area contributed by atoms with E-state index in [0.29, 0.717) is 5.56 Å². The SMILES string of the molecule is C/C(C#N)=C1/c2cc(C(F)(F)F)ccc2-c2nc3cc4nc5c(nc4cc3nc21)-c1ccc(C(F)(F)F)cc1C5=C(C#N)C#N. The summed E-state index contributed by atoms with van der Waals surface area (Å²) in [6.45, 7) is 1.47. The molecule has 2 heterocycles. The van der Waals surface area contributed by atoms with E-state index in [1.165, 1.54) is 31.2 Å². The van der Waals surface area contributed by atoms with Crippen LogP contribution in [0, 0.1) is 34.0 Å². The van der Waals surface area contributed by atoms with Gasteiger partial charge in [0.05, 0.1) is 62.0 Å². The lowest BCUT2D eigenvalue weighted by molar-refractivity contribution is -0.138. The van der Waals surface area contributed by atoms with Gasteiger partial charge in [-0.1, -0.05) is 12.1 Å². The average molecular weight is 607 g/mol. The number of allylic oxidation sites excluding steroid dienone is 2. The number of alkyl halides is 6. The molecule has 0 saturated heterocycles. The van der Waals surface area contributed by atoms with Crippen molar-refractivity contribution < 1.29 is 26.3 Å². The second kappa shape index (κ2) is 9.18. The fourth-order valence-electron chi connectivity index (χ4n) is 5.68. The second-order valence-electron chi connectivity index (χ2n) is 10.3. The smallest absolute Gasteiger partial charge is 0.244 e. The van der Waals surface area contributed by atoms with Crippen molar-refractivity contribution in [3.63, 3.8) is 0 Å². The van der Waals surface area contributed by atoms with E-state index in [9.17, 15) is 42.1 Å². The summed E-state index contributed by atoms with van der Waals surface area (Å²) in [6.07, 6.45) is -9.30. The molecule has 0 spiro atoms. The number of aromatic nitrogens is 4. The second-order valence-corrected chi connectivity index (χ2v) is 10.3. The molecular formula is C32H11F6N7. The zero-order valence-electron chi connectivity index (χ0n) is 22.5. The Morgan fingerprint density at radius 1 is 0.533 bits per heavy atom. The topological polar surface area (TPSA) is 123 Å². The lowest BCUT2D eigenvalue weighted by Gasteiger charge is -2.09. The van der Waals surface area contributed by atoms with Crippen molar-refractivity contribution >= 4 is 33.2 Å². The van der Waals surface area contributed by atoms with Crippen LogP contribution in [0.2, 0.25) is 0 Å². The number of nitrogens with zero attached hydrogens (tertiary/aromatic N) is 7. The normalized spacial score (nSPS) is 14.3. The van der Waals surface area contributed by atoms with E-state index in [2.05, 4.69) is 19.9 Å². The van der Waals surface area contributed by atoms with Crippen molar-refractivity contribution in [2.24, 2.45) is 0 Å². The van der Waals surface area contributed by atoms with Crippen LogP contribution in [-0.4, -0.2) is 19.9 Å². The van der Waals surface area contributed by atoms with E-state index < -0.39 is 29.1 Å². The highest BCUT2D eigenvalue weighted by atomic mass is 19.4. The largest absolute Gasteiger partial charge is 0.416 e. The summed E-state index contributed by atoms with van der Waals surface area (Å²) >= 11 is 0. The van der Waals surface area contributed by atoms with Crippen molar-refractivity contribution in [3.05, 3.63) is 93.3 Å². The first kappa shape index (κ1) is 27.7. The average Bonchev–Trinajstić information content (AvgIpc) is 3.48. The number of halogens is 6. The van der Waals surface area contributed by atoms with Crippen molar-refractivity contribution in [3.8, 4) is 40.7 Å². The molecule has 0 bridgehead atoms. The summed E-state index contributed by atoms with van der Waals surface area (Å²) < 4.78 is 81.4. The molecule has 0 atom stereocenters. The lowest BCUT2D eigenvalue weighted by atomic mass is 9.99. The Bertz CT molecular complexity index is 2380. The zero-order valence-corrected chi connectivity index (χ0v) is 22.5. The molecule has 45 heavy (non-hydrogen) atoms. The Hall–Kier alpha value is -6.13. The predicted molar refractivity (Wildman–Crippen MR) is 148 cm³/mol. The van der Waals surface area contributed by atoms with Gasteiger partial charge in [-0.25, -0.2) is 19.9 Å². The van der Waals surface area contributed by atoms with E-state index >= 15 is 0 Å². The number of hydrogen-bond acceptors (Lipinski definition) is 7. The van der Waals surface area contributed by atoms with Gasteiger partial charge in [0, 0.05) is 27.8 Å². The van der Waals surface area contributed by atoms with E-state index in [1.54, 1.807) is 12.1 Å². The highest BCUT2D eigenvalue weighted by Gasteiger charge is 2.37. The first-order chi connectivity index (χ1) is 21.3. The van der Waals surface area contributed by atoms with Crippen molar-refractivity contribution in [1.29, 1.82) is 15.8 Å². The quantitative estimate of drug-likeness (QED) is 0.0981. The molecule has 0 saturated carbocycles. The molecule has 13 heteroatoms. The van der Waals surface area contributed by atoms with Gasteiger partial charge in [0.1, 0.15) is 17.7 Å². The van der Waals surface area contributed by atoms with E-state index in [1.807, 2.05) is 6.07 Å². The molecule has 3 aromatic carbocycles. The third-order valence-corrected chi connectivity index (χ3v) is 7.68. The Morgan fingerprint density at radius 2 is 0.933 bits per heavy atom. The molecule has 0 fully saturated rings. The summed E-state index contributed by atoms with van der Waals surface area (Å²) in [4.78, 5) is 18.6. The van der Waals surface area contributed by atoms with Gasteiger partial charge < -0.3 is 0 Å². The van der Waals surface area contributed by atoms with Gasteiger partial charge in [0.25, 0.3) is 0 Å². The van der Waals surface area contributed by atoms with Crippen LogP contribution in [0.5, 0.6) is 0 Å². The van der Waals surface area contributed by atoms with Gasteiger partial charge >= 0.3 is 12.4 Å². The van der Waals surface area contributed by atoms with E-state index in [4.69, 9.17) is 0 Å². The summed E-state index contributed by atoms with van der Waals surface area (Å²) in [5.41, 5.74) is 0.435. The third-order valence-electron chi connectivity index (χ3n) is 7.68. The van der Waals surface area contributed by atoms with Crippen molar-refractivity contribution in [2.75, 3.05) is 0 Å². The molecule has 7 nitrogen and oxygen atoms in total. The van der Waals surface area contributed by atoms with Gasteiger partial charge in [-0.3, -0.25) is 0 Å². The van der Waals surface area contributed by atoms with Crippen LogP contribution >= 0.6 is 0 Å². The molecular weight excluding hydrogens is 596 g/mol. The molecule has 0 N–H and O–H groups in total. The standard InChI is InChI=1S/C32H11F6N7/c1-13(10-39)25-19-6-15(31(33,34)35)2-4-17(19)27-29(25)44-23-8-22-24(9-21(23)42-27)45-30-26(14(11-40)12-41)20-7-16(32(36,37)38)3-5-18(20)28(30)43-22/h2-9H,1H3/b25-13+. The maximum absolute atomic E-state index is 13.6. The Balaban J connectivity index is 1.48. The molecule has 0 radical (unpaired) electrons. The molecule has 0 aliphatic heterocycles. The summed E-state index contributed by atoms with van der Waals surface area (Å²) in [5.74, 6) is 0. The number of nitriles is 3. The molecule has 0 unspecified atom stereocenters. The van der Waals surface area contributed by atoms with Crippen LogP contribution in [-0.2, 0) is 12.4 Å². The summed E-state index contributed by atoms with van der Waals surface area (Å²) in [6, 6.07) is 14.6. The molecule has 2 aromatic heterocycles. The molecule has 2 aliphatic rings. The highest BCUT2D eigenvalue weighted by Crippen LogP contribution is 2.48. The minimum absolute atomic E-state index is 0.00963. The van der Waals surface area contributed by atoms with E-state index in [-0.39, 0.29) is 78.3 Å². The first-order valence-corrected chi connectivity index (χ1v) is 13.0. The van der Waals surface area contributed by atoms with Gasteiger partial charge in [-0.05, 0) is 54.4 Å². The van der Waals surface area contributed by atoms with E-state index in [0.717, 1.165) is 24.3 Å². The fraction of sp³-hybridized carbons (Fsp3) is 0.0938. The molecule has 7 rings (SSSR count). The van der Waals surface area contributed by atoms with Gasteiger partial charge in [0.15, 0.2) is 0 Å². The molecule has 5 aromatic rings. The van der Waals surface area contributed by atoms with Crippen LogP contribution in [0.15, 0.2) is 59.7 Å². The minimum Gasteiger partial charge on any atom is -0.244 e. The number of fused-ring (bicyclic) bond motifs is 8. The van der Waals surface area contributed by atoms with Crippen molar-refractivity contribution in [1.82, 2.24) is 19.9 Å². The lowest BCUT2D eigenvalue weighted by Crippen LogP contribution is -2.05. The van der Waals surface area contributed by atoms with Crippen LogP contribution in [0.1, 0.15) is 40.6 Å². The highest BCUT2D eigenvalue weighted by molar-refractivity contribution is 6.06. The number of rotatable bonds is 0. The van der Waals surface area contributed by atoms with Gasteiger partial charge in [0.2, 0.25) is 0 Å². The molecule has 216 valence electrons. The zero-order chi connectivity index (χ0) is 32.0. The maximum Gasteiger partial charge on any atom is 0.416 e. The van der Waals surface area contributed by atoms with Crippen LogP contribution < -0.4 is 0 Å². The van der Waals surface area contributed by atoms with Crippen LogP contribution in [0.3, 0.4) is 0 Å². The van der Waals surface area contributed by atoms with Crippen LogP contribution in [0.25, 0.3) is 55.7 Å². The van der Waals surface area contributed by atoms with Gasteiger partial charge in [-0.2, -0.15) is 42.1 Å². The predicted octanol–water partition coefficient (Wildman–Crippen LogP) is 7.77. The number of hydrogen-bond donors (Lipinski definition) is 0. The summed E-state index contributed by atoms with van der Waals surface area (Å²) in [7, 11) is 0. The third kappa shape index (κ3) is 4.04. The molecule has 2 aliphatic carbocycles. The fourth-order valence-corrected chi connectivity index (χ4v) is 5.68. The number of benzene rings is 3. The Kier molecular flexibility index (Phi) is 5.65. The summed E-state index contributed by atoms with van der Waals surface area (Å²) in [5, 5.41) is 28.9. The minimum atomic E-state index is -4.68. The van der Waals surface area contributed by atoms with Crippen LogP contribution in [0.4, 0.5) is 26.3 Å². The Morgan fingerprint density at radius 3 is 1.33 bits per heavy atom. The van der Waals surface area contributed by atoms with Gasteiger partial charge in [-0.15, -0.1) is 0 Å². The maximum atomic E-state index is 13.6. The monoisotopic (exact) mass is 607 g/mol. The first-order valence-electron chi connectivity index (χ1n) is 13.0. The Labute approximate surface area is 248 Å². The van der Waals surface area contributed by atoms with Crippen molar-refractivity contribution in [2.45, 2.75) is 19.3 Å². The molecule has 0 amide bonds.